The van der Waals surface area contributed by atoms with E-state index in [1.54, 1.807) is 5.01 Å². The summed E-state index contributed by atoms with van der Waals surface area (Å²) >= 11 is 5.23. The Kier molecular flexibility index (Phi) is 4.07. The highest BCUT2D eigenvalue weighted by molar-refractivity contribution is 7.80. The third-order valence-corrected chi connectivity index (χ3v) is 5.19. The lowest BCUT2D eigenvalue weighted by Gasteiger charge is -2.21. The number of fused-ring (bicyclic) bond motifs is 1. The van der Waals surface area contributed by atoms with Gasteiger partial charge in [-0.3, -0.25) is 0 Å². The van der Waals surface area contributed by atoms with Crippen LogP contribution in [0.2, 0.25) is 0 Å². The molecule has 0 fully saturated rings. The van der Waals surface area contributed by atoms with Gasteiger partial charge in [0, 0.05) is 6.42 Å². The van der Waals surface area contributed by atoms with E-state index in [-0.39, 0.29) is 6.04 Å². The molecule has 122 valence electrons. The Balaban J connectivity index is 1.66. The van der Waals surface area contributed by atoms with Crippen LogP contribution in [0.4, 0.5) is 0 Å². The average molecular weight is 335 g/mol. The highest BCUT2D eigenvalue weighted by Gasteiger charge is 2.30. The number of nitrogens with two attached hydrogens (primary N) is 1. The SMILES string of the molecule is NC(=S)N1N=C(c2ccc3c(c2)CCCC3)CC1c1ccccc1. The van der Waals surface area contributed by atoms with E-state index >= 15 is 0 Å². The first kappa shape index (κ1) is 15.3. The summed E-state index contributed by atoms with van der Waals surface area (Å²) in [7, 11) is 0. The number of aryl methyl sites for hydroxylation is 2. The molecule has 24 heavy (non-hydrogen) atoms. The van der Waals surface area contributed by atoms with Gasteiger partial charge in [0.05, 0.1) is 11.8 Å². The number of benzene rings is 2. The van der Waals surface area contributed by atoms with Gasteiger partial charge in [-0.25, -0.2) is 5.01 Å². The maximum absolute atomic E-state index is 5.93. The highest BCUT2D eigenvalue weighted by Crippen LogP contribution is 2.33. The van der Waals surface area contributed by atoms with Crippen molar-refractivity contribution in [1.29, 1.82) is 0 Å². The van der Waals surface area contributed by atoms with E-state index in [9.17, 15) is 0 Å². The van der Waals surface area contributed by atoms with Crippen LogP contribution in [-0.2, 0) is 12.8 Å². The summed E-state index contributed by atoms with van der Waals surface area (Å²) in [6.45, 7) is 0. The second-order valence-electron chi connectivity index (χ2n) is 6.55. The van der Waals surface area contributed by atoms with Crippen LogP contribution in [0.1, 0.15) is 47.6 Å². The van der Waals surface area contributed by atoms with E-state index in [0.29, 0.717) is 5.11 Å². The Morgan fingerprint density at radius 3 is 2.54 bits per heavy atom. The highest BCUT2D eigenvalue weighted by atomic mass is 32.1. The molecule has 1 aliphatic heterocycles. The normalized spacial score (nSPS) is 19.8. The fourth-order valence-corrected chi connectivity index (χ4v) is 3.90. The molecule has 4 rings (SSSR count). The molecule has 0 aromatic heterocycles. The topological polar surface area (TPSA) is 41.6 Å². The molecule has 0 radical (unpaired) electrons. The molecule has 1 aliphatic carbocycles. The molecular weight excluding hydrogens is 314 g/mol. The van der Waals surface area contributed by atoms with Gasteiger partial charge in [-0.05, 0) is 66.2 Å². The summed E-state index contributed by atoms with van der Waals surface area (Å²) in [5.74, 6) is 0. The Morgan fingerprint density at radius 1 is 1.04 bits per heavy atom. The lowest BCUT2D eigenvalue weighted by atomic mass is 9.89. The van der Waals surface area contributed by atoms with Gasteiger partial charge in [0.25, 0.3) is 0 Å². The molecule has 0 spiro atoms. The predicted octanol–water partition coefficient (Wildman–Crippen LogP) is 3.96. The fraction of sp³-hybridized carbons (Fsp3) is 0.300. The number of hydrazone groups is 1. The van der Waals surface area contributed by atoms with E-state index < -0.39 is 0 Å². The van der Waals surface area contributed by atoms with Gasteiger partial charge < -0.3 is 5.73 Å². The molecular formula is C20H21N3S. The van der Waals surface area contributed by atoms with Crippen LogP contribution in [0.3, 0.4) is 0 Å². The van der Waals surface area contributed by atoms with Crippen molar-refractivity contribution in [1.82, 2.24) is 5.01 Å². The van der Waals surface area contributed by atoms with Crippen molar-refractivity contribution in [3.05, 3.63) is 70.8 Å². The minimum Gasteiger partial charge on any atom is -0.375 e. The lowest BCUT2D eigenvalue weighted by molar-refractivity contribution is 0.373. The van der Waals surface area contributed by atoms with E-state index in [2.05, 4.69) is 30.3 Å². The molecule has 1 unspecified atom stereocenters. The molecule has 0 saturated carbocycles. The monoisotopic (exact) mass is 335 g/mol. The summed E-state index contributed by atoms with van der Waals surface area (Å²) < 4.78 is 0. The van der Waals surface area contributed by atoms with Crippen LogP contribution in [0.15, 0.2) is 53.6 Å². The van der Waals surface area contributed by atoms with E-state index in [1.807, 2.05) is 18.2 Å². The third kappa shape index (κ3) is 2.82. The van der Waals surface area contributed by atoms with Gasteiger partial charge in [-0.15, -0.1) is 0 Å². The van der Waals surface area contributed by atoms with Crippen molar-refractivity contribution in [2.45, 2.75) is 38.1 Å². The molecule has 0 saturated heterocycles. The Bertz CT molecular complexity index is 798. The van der Waals surface area contributed by atoms with Crippen LogP contribution < -0.4 is 5.73 Å². The van der Waals surface area contributed by atoms with Gasteiger partial charge in [0.15, 0.2) is 5.11 Å². The summed E-state index contributed by atoms with van der Waals surface area (Å²) in [5.41, 5.74) is 12.4. The van der Waals surface area contributed by atoms with E-state index in [1.165, 1.54) is 47.9 Å². The van der Waals surface area contributed by atoms with E-state index in [4.69, 9.17) is 23.1 Å². The lowest BCUT2D eigenvalue weighted by Crippen LogP contribution is -2.31. The number of nitrogens with zero attached hydrogens (tertiary/aromatic N) is 2. The first-order valence-corrected chi connectivity index (χ1v) is 8.96. The van der Waals surface area contributed by atoms with Crippen molar-refractivity contribution in [2.24, 2.45) is 10.8 Å². The van der Waals surface area contributed by atoms with Crippen LogP contribution in [0, 0.1) is 0 Å². The van der Waals surface area contributed by atoms with Crippen molar-refractivity contribution in [3.8, 4) is 0 Å². The standard InChI is InChI=1S/C20H21N3S/c21-20(24)23-19(15-7-2-1-3-8-15)13-18(22-23)17-11-10-14-6-4-5-9-16(14)12-17/h1-3,7-8,10-12,19H,4-6,9,13H2,(H2,21,24). The minimum absolute atomic E-state index is 0.0923. The number of hydrogen-bond acceptors (Lipinski definition) is 2. The second-order valence-corrected chi connectivity index (χ2v) is 6.97. The van der Waals surface area contributed by atoms with Crippen LogP contribution in [-0.4, -0.2) is 15.8 Å². The average Bonchev–Trinajstić information content (AvgIpc) is 3.08. The molecule has 1 atom stereocenters. The Morgan fingerprint density at radius 2 is 1.79 bits per heavy atom. The zero-order chi connectivity index (χ0) is 16.5. The van der Waals surface area contributed by atoms with Crippen molar-refractivity contribution in [3.63, 3.8) is 0 Å². The Hall–Kier alpha value is -2.20. The van der Waals surface area contributed by atoms with Gasteiger partial charge in [-0.2, -0.15) is 5.10 Å². The van der Waals surface area contributed by atoms with Gasteiger partial charge in [0.2, 0.25) is 0 Å². The summed E-state index contributed by atoms with van der Waals surface area (Å²) in [6, 6.07) is 17.2. The second kappa shape index (κ2) is 6.36. The zero-order valence-corrected chi connectivity index (χ0v) is 14.4. The third-order valence-electron chi connectivity index (χ3n) is 5.00. The van der Waals surface area contributed by atoms with Crippen molar-refractivity contribution < 1.29 is 0 Å². The molecule has 0 bridgehead atoms. The fourth-order valence-electron chi connectivity index (χ4n) is 3.74. The number of thiocarbonyl (C=S) groups is 1. The molecule has 2 aliphatic rings. The maximum Gasteiger partial charge on any atom is 0.187 e. The molecule has 2 aromatic rings. The zero-order valence-electron chi connectivity index (χ0n) is 13.6. The first-order valence-electron chi connectivity index (χ1n) is 8.55. The summed E-state index contributed by atoms with van der Waals surface area (Å²) in [5, 5.41) is 6.87. The largest absolute Gasteiger partial charge is 0.375 e. The molecule has 4 heteroatoms. The van der Waals surface area contributed by atoms with Crippen molar-refractivity contribution in [2.75, 3.05) is 0 Å². The molecule has 2 aromatic carbocycles. The molecule has 3 nitrogen and oxygen atoms in total. The molecule has 2 N–H and O–H groups in total. The van der Waals surface area contributed by atoms with Gasteiger partial charge in [0.1, 0.15) is 0 Å². The van der Waals surface area contributed by atoms with Gasteiger partial charge in [-0.1, -0.05) is 42.5 Å². The predicted molar refractivity (Wildman–Crippen MR) is 102 cm³/mol. The summed E-state index contributed by atoms with van der Waals surface area (Å²) in [6.07, 6.45) is 5.80. The van der Waals surface area contributed by atoms with Crippen LogP contribution in [0.5, 0.6) is 0 Å². The first-order chi connectivity index (χ1) is 11.7. The van der Waals surface area contributed by atoms with E-state index in [0.717, 1.165) is 12.1 Å². The molecule has 0 amide bonds. The minimum atomic E-state index is 0.0923. The van der Waals surface area contributed by atoms with Crippen LogP contribution >= 0.6 is 12.2 Å². The quantitative estimate of drug-likeness (QED) is 0.845. The smallest absolute Gasteiger partial charge is 0.187 e. The number of rotatable bonds is 2. The molecule has 1 heterocycles. The van der Waals surface area contributed by atoms with Gasteiger partial charge >= 0.3 is 0 Å². The Labute approximate surface area is 148 Å². The number of hydrogen-bond donors (Lipinski definition) is 1. The van der Waals surface area contributed by atoms with Crippen LogP contribution in [0.25, 0.3) is 0 Å². The maximum atomic E-state index is 5.93. The van der Waals surface area contributed by atoms with Crippen molar-refractivity contribution >= 4 is 23.0 Å². The summed E-state index contributed by atoms with van der Waals surface area (Å²) in [4.78, 5) is 0.